The van der Waals surface area contributed by atoms with E-state index in [0.29, 0.717) is 10.9 Å². The highest BCUT2D eigenvalue weighted by atomic mass is 32.2. The fourth-order valence-electron chi connectivity index (χ4n) is 2.99. The summed E-state index contributed by atoms with van der Waals surface area (Å²) in [5.41, 5.74) is 0.121. The van der Waals surface area contributed by atoms with Crippen molar-refractivity contribution in [2.45, 2.75) is 49.1 Å². The number of methoxy groups -OCH3 is 1. The highest BCUT2D eigenvalue weighted by molar-refractivity contribution is 8.00. The smallest absolute Gasteiger partial charge is 0.271 e. The second kappa shape index (κ2) is 8.33. The number of hydrogen-bond donors (Lipinski definition) is 1. The van der Waals surface area contributed by atoms with Crippen molar-refractivity contribution in [1.29, 1.82) is 0 Å². The number of nitrogens with zero attached hydrogens (tertiary/aromatic N) is 5. The SMILES string of the molecule is COc1ccc([N+](=O)[O-])cc1NC(=O)C(C)Sc1nnnn1C1CCCC1. The molecule has 1 aromatic heterocycles. The number of anilines is 1. The molecule has 27 heavy (non-hydrogen) atoms. The van der Waals surface area contributed by atoms with Crippen LogP contribution in [-0.2, 0) is 4.79 Å². The van der Waals surface area contributed by atoms with Crippen molar-refractivity contribution in [2.75, 3.05) is 12.4 Å². The number of carbonyl (C=O) groups excluding carboxylic acids is 1. The lowest BCUT2D eigenvalue weighted by Gasteiger charge is -2.15. The van der Waals surface area contributed by atoms with Gasteiger partial charge in [0.15, 0.2) is 0 Å². The number of tetrazole rings is 1. The zero-order valence-electron chi connectivity index (χ0n) is 15.0. The molecular weight excluding hydrogens is 372 g/mol. The fourth-order valence-corrected chi connectivity index (χ4v) is 3.85. The molecule has 1 N–H and O–H groups in total. The Morgan fingerprint density at radius 2 is 2.19 bits per heavy atom. The Morgan fingerprint density at radius 3 is 2.85 bits per heavy atom. The molecule has 144 valence electrons. The third-order valence-corrected chi connectivity index (χ3v) is 5.48. The van der Waals surface area contributed by atoms with Crippen molar-refractivity contribution in [3.05, 3.63) is 28.3 Å². The summed E-state index contributed by atoms with van der Waals surface area (Å²) in [6.07, 6.45) is 4.36. The standard InChI is InChI=1S/C16H20N6O4S/c1-10(27-16-18-19-20-21(16)11-5-3-4-6-11)15(23)17-13-9-12(22(24)25)7-8-14(13)26-2/h7-11H,3-6H2,1-2H3,(H,17,23). The lowest BCUT2D eigenvalue weighted by Crippen LogP contribution is -2.23. The van der Waals surface area contributed by atoms with Crippen LogP contribution in [0.15, 0.2) is 23.4 Å². The number of non-ortho nitro benzene ring substituents is 1. The summed E-state index contributed by atoms with van der Waals surface area (Å²) in [4.78, 5) is 23.0. The van der Waals surface area contributed by atoms with Crippen LogP contribution in [0.1, 0.15) is 38.6 Å². The predicted molar refractivity (Wildman–Crippen MR) is 98.9 cm³/mol. The van der Waals surface area contributed by atoms with E-state index in [9.17, 15) is 14.9 Å². The number of amides is 1. The Labute approximate surface area is 159 Å². The molecule has 10 nitrogen and oxygen atoms in total. The lowest BCUT2D eigenvalue weighted by molar-refractivity contribution is -0.384. The van der Waals surface area contributed by atoms with Gasteiger partial charge in [-0.15, -0.1) is 5.10 Å². The zero-order valence-corrected chi connectivity index (χ0v) is 15.8. The number of nitro groups is 1. The van der Waals surface area contributed by atoms with Gasteiger partial charge in [-0.2, -0.15) is 0 Å². The van der Waals surface area contributed by atoms with Gasteiger partial charge in [0, 0.05) is 12.1 Å². The van der Waals surface area contributed by atoms with E-state index in [0.717, 1.165) is 25.7 Å². The Balaban J connectivity index is 1.71. The molecule has 0 bridgehead atoms. The van der Waals surface area contributed by atoms with Gasteiger partial charge in [-0.25, -0.2) is 4.68 Å². The van der Waals surface area contributed by atoms with E-state index in [-0.39, 0.29) is 23.3 Å². The number of ether oxygens (including phenoxy) is 1. The molecule has 1 aromatic carbocycles. The summed E-state index contributed by atoms with van der Waals surface area (Å²) in [6.45, 7) is 1.73. The van der Waals surface area contributed by atoms with Gasteiger partial charge in [-0.1, -0.05) is 24.6 Å². The van der Waals surface area contributed by atoms with E-state index < -0.39 is 10.2 Å². The van der Waals surface area contributed by atoms with Crippen LogP contribution in [-0.4, -0.2) is 43.4 Å². The molecule has 1 amide bonds. The van der Waals surface area contributed by atoms with Crippen LogP contribution in [0.25, 0.3) is 0 Å². The lowest BCUT2D eigenvalue weighted by atomic mass is 10.2. The van der Waals surface area contributed by atoms with Gasteiger partial charge < -0.3 is 10.1 Å². The van der Waals surface area contributed by atoms with Gasteiger partial charge in [0.1, 0.15) is 5.75 Å². The maximum Gasteiger partial charge on any atom is 0.271 e. The highest BCUT2D eigenvalue weighted by Crippen LogP contribution is 2.33. The van der Waals surface area contributed by atoms with Gasteiger partial charge >= 0.3 is 0 Å². The Kier molecular flexibility index (Phi) is 5.89. The molecule has 1 unspecified atom stereocenters. The number of benzene rings is 1. The first-order valence-electron chi connectivity index (χ1n) is 8.57. The monoisotopic (exact) mass is 392 g/mol. The van der Waals surface area contributed by atoms with E-state index in [4.69, 9.17) is 4.74 Å². The van der Waals surface area contributed by atoms with Crippen LogP contribution in [0.4, 0.5) is 11.4 Å². The van der Waals surface area contributed by atoms with Crippen LogP contribution in [0, 0.1) is 10.1 Å². The number of nitro benzene ring substituents is 1. The number of hydrogen-bond acceptors (Lipinski definition) is 8. The van der Waals surface area contributed by atoms with Crippen molar-refractivity contribution >= 4 is 29.0 Å². The van der Waals surface area contributed by atoms with E-state index in [1.165, 1.54) is 37.1 Å². The second-order valence-electron chi connectivity index (χ2n) is 6.24. The predicted octanol–water partition coefficient (Wildman–Crippen LogP) is 2.82. The third kappa shape index (κ3) is 4.35. The molecule has 1 heterocycles. The molecule has 1 saturated carbocycles. The van der Waals surface area contributed by atoms with Crippen molar-refractivity contribution in [3.63, 3.8) is 0 Å². The zero-order chi connectivity index (χ0) is 19.4. The minimum absolute atomic E-state index is 0.128. The first kappa shape index (κ1) is 19.1. The number of carbonyl (C=O) groups is 1. The molecule has 1 fully saturated rings. The molecule has 0 saturated heterocycles. The first-order valence-corrected chi connectivity index (χ1v) is 9.45. The number of rotatable bonds is 7. The van der Waals surface area contributed by atoms with Crippen molar-refractivity contribution in [2.24, 2.45) is 0 Å². The molecule has 1 aliphatic rings. The van der Waals surface area contributed by atoms with Gasteiger partial charge in [-0.05, 0) is 36.3 Å². The molecule has 1 aliphatic carbocycles. The fraction of sp³-hybridized carbons (Fsp3) is 0.500. The van der Waals surface area contributed by atoms with Gasteiger partial charge in [0.2, 0.25) is 11.1 Å². The van der Waals surface area contributed by atoms with E-state index in [2.05, 4.69) is 20.8 Å². The van der Waals surface area contributed by atoms with Gasteiger partial charge in [0.25, 0.3) is 5.69 Å². The molecule has 0 radical (unpaired) electrons. The van der Waals surface area contributed by atoms with Crippen molar-refractivity contribution in [1.82, 2.24) is 20.2 Å². The first-order chi connectivity index (χ1) is 13.0. The largest absolute Gasteiger partial charge is 0.495 e. The Hall–Kier alpha value is -2.69. The van der Waals surface area contributed by atoms with Gasteiger partial charge in [0.05, 0.1) is 29.0 Å². The summed E-state index contributed by atoms with van der Waals surface area (Å²) < 4.78 is 6.96. The quantitative estimate of drug-likeness (QED) is 0.433. The average Bonchev–Trinajstić information content (AvgIpc) is 3.32. The van der Waals surface area contributed by atoms with Crippen LogP contribution in [0.3, 0.4) is 0 Å². The molecular formula is C16H20N6O4S. The third-order valence-electron chi connectivity index (χ3n) is 4.44. The van der Waals surface area contributed by atoms with E-state index >= 15 is 0 Å². The van der Waals surface area contributed by atoms with E-state index in [1.807, 2.05) is 0 Å². The topological polar surface area (TPSA) is 125 Å². The Morgan fingerprint density at radius 1 is 1.44 bits per heavy atom. The van der Waals surface area contributed by atoms with Crippen LogP contribution < -0.4 is 10.1 Å². The van der Waals surface area contributed by atoms with Crippen molar-refractivity contribution in [3.8, 4) is 5.75 Å². The maximum atomic E-state index is 12.6. The summed E-state index contributed by atoms with van der Waals surface area (Å²) >= 11 is 1.26. The van der Waals surface area contributed by atoms with Crippen LogP contribution in [0.5, 0.6) is 5.75 Å². The number of thioether (sulfide) groups is 1. The maximum absolute atomic E-state index is 12.6. The number of aromatic nitrogens is 4. The van der Waals surface area contributed by atoms with Gasteiger partial charge in [-0.3, -0.25) is 14.9 Å². The summed E-state index contributed by atoms with van der Waals surface area (Å²) in [5, 5.41) is 25.6. The summed E-state index contributed by atoms with van der Waals surface area (Å²) in [6, 6.07) is 4.32. The normalized spacial score (nSPS) is 15.5. The molecule has 2 aromatic rings. The highest BCUT2D eigenvalue weighted by Gasteiger charge is 2.25. The molecule has 3 rings (SSSR count). The minimum Gasteiger partial charge on any atom is -0.495 e. The van der Waals surface area contributed by atoms with Crippen LogP contribution >= 0.6 is 11.8 Å². The average molecular weight is 392 g/mol. The summed E-state index contributed by atoms with van der Waals surface area (Å²) in [5.74, 6) is 0.0294. The Bertz CT molecular complexity index is 836. The molecule has 0 spiro atoms. The second-order valence-corrected chi connectivity index (χ2v) is 7.54. The molecule has 11 heteroatoms. The minimum atomic E-state index is -0.525. The van der Waals surface area contributed by atoms with E-state index in [1.54, 1.807) is 11.6 Å². The summed E-state index contributed by atoms with van der Waals surface area (Å²) in [7, 11) is 1.44. The molecule has 0 aliphatic heterocycles. The molecule has 1 atom stereocenters. The van der Waals surface area contributed by atoms with Crippen LogP contribution in [0.2, 0.25) is 0 Å². The van der Waals surface area contributed by atoms with Crippen molar-refractivity contribution < 1.29 is 14.5 Å². The number of nitrogens with one attached hydrogen (secondary N) is 1.